The molecule has 0 aliphatic carbocycles. The lowest BCUT2D eigenvalue weighted by Gasteiger charge is -2.10. The van der Waals surface area contributed by atoms with Crippen molar-refractivity contribution in [1.29, 1.82) is 0 Å². The van der Waals surface area contributed by atoms with E-state index in [4.69, 9.17) is 9.47 Å². The quantitative estimate of drug-likeness (QED) is 0.748. The Hall–Kier alpha value is -1.80. The molecule has 0 bridgehead atoms. The molecule has 0 saturated heterocycles. The summed E-state index contributed by atoms with van der Waals surface area (Å²) in [6.07, 6.45) is -4.38. The molecule has 0 spiro atoms. The van der Waals surface area contributed by atoms with Crippen molar-refractivity contribution in [2.24, 2.45) is 0 Å². The van der Waals surface area contributed by atoms with Crippen molar-refractivity contribution in [3.8, 4) is 5.75 Å². The van der Waals surface area contributed by atoms with Gasteiger partial charge in [-0.1, -0.05) is 0 Å². The fraction of sp³-hybridized carbons (Fsp3) is 0.462. The Morgan fingerprint density at radius 1 is 1.19 bits per heavy atom. The highest BCUT2D eigenvalue weighted by atomic mass is 19.4. The smallest absolute Gasteiger partial charge is 0.422 e. The molecule has 1 aromatic rings. The molecule has 1 amide bonds. The van der Waals surface area contributed by atoms with E-state index >= 15 is 0 Å². The maximum Gasteiger partial charge on any atom is 0.422 e. The summed E-state index contributed by atoms with van der Waals surface area (Å²) in [4.78, 5) is 11.5. The summed E-state index contributed by atoms with van der Waals surface area (Å²) in [6, 6.07) is 5.57. The number of rotatable bonds is 8. The van der Waals surface area contributed by atoms with Gasteiger partial charge in [-0.25, -0.2) is 0 Å². The minimum atomic E-state index is -4.38. The molecule has 1 rings (SSSR count). The van der Waals surface area contributed by atoms with Gasteiger partial charge >= 0.3 is 6.18 Å². The van der Waals surface area contributed by atoms with Crippen LogP contribution in [0.3, 0.4) is 0 Å². The van der Waals surface area contributed by atoms with Crippen molar-refractivity contribution in [2.45, 2.75) is 6.18 Å². The van der Waals surface area contributed by atoms with Crippen molar-refractivity contribution in [2.75, 3.05) is 38.9 Å². The maximum absolute atomic E-state index is 12.0. The van der Waals surface area contributed by atoms with Gasteiger partial charge in [-0.2, -0.15) is 13.2 Å². The van der Waals surface area contributed by atoms with Crippen LogP contribution in [0, 0.1) is 0 Å². The van der Waals surface area contributed by atoms with Gasteiger partial charge in [-0.15, -0.1) is 0 Å². The molecular weight excluding hydrogens is 291 g/mol. The summed E-state index contributed by atoms with van der Waals surface area (Å²) in [7, 11) is 1.52. The lowest BCUT2D eigenvalue weighted by atomic mass is 10.3. The number of carbonyl (C=O) groups excluding carboxylic acids is 1. The van der Waals surface area contributed by atoms with Crippen molar-refractivity contribution in [3.63, 3.8) is 0 Å². The zero-order valence-electron chi connectivity index (χ0n) is 11.4. The zero-order chi connectivity index (χ0) is 15.7. The number of carbonyl (C=O) groups is 1. The fourth-order valence-electron chi connectivity index (χ4n) is 1.30. The van der Waals surface area contributed by atoms with E-state index in [9.17, 15) is 18.0 Å². The van der Waals surface area contributed by atoms with Gasteiger partial charge in [0.1, 0.15) is 12.4 Å². The van der Waals surface area contributed by atoms with Crippen LogP contribution in [0.1, 0.15) is 0 Å². The first-order valence-corrected chi connectivity index (χ1v) is 6.07. The van der Waals surface area contributed by atoms with E-state index in [-0.39, 0.29) is 18.3 Å². The number of ether oxygens (including phenoxy) is 3. The zero-order valence-corrected chi connectivity index (χ0v) is 11.4. The number of alkyl halides is 3. The Morgan fingerprint density at radius 2 is 1.86 bits per heavy atom. The second-order valence-electron chi connectivity index (χ2n) is 4.02. The number of halogens is 3. The molecule has 0 aromatic heterocycles. The highest BCUT2D eigenvalue weighted by Crippen LogP contribution is 2.20. The fourth-order valence-corrected chi connectivity index (χ4v) is 1.30. The standard InChI is InChI=1S/C13H16F3NO4/c1-19-6-7-20-8-12(18)17-10-2-4-11(5-3-10)21-9-13(14,15)16/h2-5H,6-9H2,1H3,(H,17,18). The van der Waals surface area contributed by atoms with Crippen molar-refractivity contribution >= 4 is 11.6 Å². The second-order valence-corrected chi connectivity index (χ2v) is 4.02. The number of nitrogens with one attached hydrogen (secondary N) is 1. The largest absolute Gasteiger partial charge is 0.484 e. The summed E-state index contributed by atoms with van der Waals surface area (Å²) in [6.45, 7) is -0.797. The average Bonchev–Trinajstić information content (AvgIpc) is 2.42. The van der Waals surface area contributed by atoms with E-state index in [0.717, 1.165) is 0 Å². The van der Waals surface area contributed by atoms with Gasteiger partial charge in [0.05, 0.1) is 13.2 Å². The minimum Gasteiger partial charge on any atom is -0.484 e. The maximum atomic E-state index is 12.0. The van der Waals surface area contributed by atoms with E-state index in [1.807, 2.05) is 0 Å². The lowest BCUT2D eigenvalue weighted by molar-refractivity contribution is -0.153. The van der Waals surface area contributed by atoms with Gasteiger partial charge in [-0.3, -0.25) is 4.79 Å². The normalized spacial score (nSPS) is 11.2. The van der Waals surface area contributed by atoms with Crippen LogP contribution in [0.5, 0.6) is 5.75 Å². The van der Waals surface area contributed by atoms with Crippen LogP contribution in [-0.2, 0) is 14.3 Å². The molecule has 0 aliphatic rings. The Kier molecular flexibility index (Phi) is 6.97. The molecule has 0 atom stereocenters. The van der Waals surface area contributed by atoms with Crippen molar-refractivity contribution in [3.05, 3.63) is 24.3 Å². The van der Waals surface area contributed by atoms with Gasteiger partial charge in [-0.05, 0) is 24.3 Å². The predicted octanol–water partition coefficient (Wildman–Crippen LogP) is 2.23. The van der Waals surface area contributed by atoms with Gasteiger partial charge in [0, 0.05) is 12.8 Å². The summed E-state index contributed by atoms with van der Waals surface area (Å²) in [5.74, 6) is -0.295. The molecule has 5 nitrogen and oxygen atoms in total. The summed E-state index contributed by atoms with van der Waals surface area (Å²) in [5, 5.41) is 2.54. The SMILES string of the molecule is COCCOCC(=O)Nc1ccc(OCC(F)(F)F)cc1. The summed E-state index contributed by atoms with van der Waals surface area (Å²) < 4.78 is 50.2. The number of methoxy groups -OCH3 is 1. The monoisotopic (exact) mass is 307 g/mol. The molecule has 0 aliphatic heterocycles. The Balaban J connectivity index is 2.35. The van der Waals surface area contributed by atoms with Gasteiger partial charge < -0.3 is 19.5 Å². The van der Waals surface area contributed by atoms with E-state index in [1.54, 1.807) is 0 Å². The number of hydrogen-bond acceptors (Lipinski definition) is 4. The van der Waals surface area contributed by atoms with Crippen molar-refractivity contribution in [1.82, 2.24) is 0 Å². The molecule has 21 heavy (non-hydrogen) atoms. The lowest BCUT2D eigenvalue weighted by Crippen LogP contribution is -2.20. The van der Waals surface area contributed by atoms with Crippen LogP contribution in [-0.4, -0.2) is 45.6 Å². The van der Waals surface area contributed by atoms with Crippen LogP contribution in [0.4, 0.5) is 18.9 Å². The molecule has 0 saturated carbocycles. The third-order valence-electron chi connectivity index (χ3n) is 2.21. The summed E-state index contributed by atoms with van der Waals surface area (Å²) in [5.41, 5.74) is 0.440. The minimum absolute atomic E-state index is 0.0710. The summed E-state index contributed by atoms with van der Waals surface area (Å²) >= 11 is 0. The van der Waals surface area contributed by atoms with Gasteiger partial charge in [0.25, 0.3) is 0 Å². The number of anilines is 1. The Morgan fingerprint density at radius 3 is 2.43 bits per heavy atom. The van der Waals surface area contributed by atoms with E-state index in [0.29, 0.717) is 18.9 Å². The van der Waals surface area contributed by atoms with Crippen LogP contribution < -0.4 is 10.1 Å². The molecule has 0 unspecified atom stereocenters. The van der Waals surface area contributed by atoms with Crippen LogP contribution in [0.2, 0.25) is 0 Å². The predicted molar refractivity (Wildman–Crippen MR) is 69.3 cm³/mol. The number of amides is 1. The molecule has 1 aromatic carbocycles. The molecule has 8 heteroatoms. The van der Waals surface area contributed by atoms with Crippen molar-refractivity contribution < 1.29 is 32.2 Å². The topological polar surface area (TPSA) is 56.8 Å². The number of benzene rings is 1. The Labute approximate surface area is 120 Å². The first-order chi connectivity index (χ1) is 9.90. The molecule has 0 fully saturated rings. The molecule has 0 heterocycles. The van der Waals surface area contributed by atoms with E-state index in [2.05, 4.69) is 10.1 Å². The van der Waals surface area contributed by atoms with Crippen LogP contribution in [0.25, 0.3) is 0 Å². The first kappa shape index (κ1) is 17.3. The first-order valence-electron chi connectivity index (χ1n) is 6.07. The second kappa shape index (κ2) is 8.48. The molecular formula is C13H16F3NO4. The Bertz CT molecular complexity index is 434. The van der Waals surface area contributed by atoms with Crippen LogP contribution in [0.15, 0.2) is 24.3 Å². The van der Waals surface area contributed by atoms with E-state index < -0.39 is 12.8 Å². The third kappa shape index (κ3) is 8.16. The third-order valence-corrected chi connectivity index (χ3v) is 2.21. The highest BCUT2D eigenvalue weighted by molar-refractivity contribution is 5.91. The van der Waals surface area contributed by atoms with Gasteiger partial charge in [0.2, 0.25) is 5.91 Å². The molecule has 1 N–H and O–H groups in total. The highest BCUT2D eigenvalue weighted by Gasteiger charge is 2.28. The van der Waals surface area contributed by atoms with Crippen LogP contribution >= 0.6 is 0 Å². The average molecular weight is 307 g/mol. The number of hydrogen-bond donors (Lipinski definition) is 1. The molecule has 0 radical (unpaired) electrons. The van der Waals surface area contributed by atoms with Gasteiger partial charge in [0.15, 0.2) is 6.61 Å². The molecule has 118 valence electrons. The van der Waals surface area contributed by atoms with E-state index in [1.165, 1.54) is 31.4 Å².